The highest BCUT2D eigenvalue weighted by molar-refractivity contribution is 9.08. The highest BCUT2D eigenvalue weighted by atomic mass is 79.9. The first-order valence-electron chi connectivity index (χ1n) is 5.52. The van der Waals surface area contributed by atoms with Crippen molar-refractivity contribution in [1.82, 2.24) is 4.98 Å². The number of benzene rings is 2. The Kier molecular flexibility index (Phi) is 3.06. The number of alkyl halides is 1. The molecule has 0 atom stereocenters. The number of hydrogen-bond acceptors (Lipinski definition) is 3. The van der Waals surface area contributed by atoms with E-state index in [1.807, 2.05) is 30.3 Å². The fourth-order valence-corrected chi connectivity index (χ4v) is 3.18. The second kappa shape index (κ2) is 4.71. The molecule has 0 aliphatic rings. The molecule has 1 heterocycles. The zero-order chi connectivity index (χ0) is 12.5. The van der Waals surface area contributed by atoms with Crippen LogP contribution in [0.15, 0.2) is 42.5 Å². The molecule has 4 heteroatoms. The van der Waals surface area contributed by atoms with Gasteiger partial charge >= 0.3 is 0 Å². The van der Waals surface area contributed by atoms with Gasteiger partial charge in [-0.1, -0.05) is 40.2 Å². The number of halogens is 1. The van der Waals surface area contributed by atoms with Crippen LogP contribution >= 0.6 is 27.3 Å². The fraction of sp³-hybridized carbons (Fsp3) is 0.0714. The summed E-state index contributed by atoms with van der Waals surface area (Å²) in [5.41, 5.74) is 2.81. The molecule has 0 aliphatic carbocycles. The molecule has 1 N–H and O–H groups in total. The smallest absolute Gasteiger partial charge is 0.123 e. The van der Waals surface area contributed by atoms with Crippen LogP contribution in [0, 0.1) is 0 Å². The van der Waals surface area contributed by atoms with Gasteiger partial charge in [0.1, 0.15) is 10.8 Å². The van der Waals surface area contributed by atoms with Gasteiger partial charge in [-0.2, -0.15) is 0 Å². The Labute approximate surface area is 117 Å². The summed E-state index contributed by atoms with van der Waals surface area (Å²) in [4.78, 5) is 4.54. The lowest BCUT2D eigenvalue weighted by Crippen LogP contribution is -1.79. The van der Waals surface area contributed by atoms with E-state index >= 15 is 0 Å². The Bertz CT molecular complexity index is 708. The standard InChI is InChI=1S/C14H10BrNOS/c15-8-14-16-11-7-9(5-6-13(11)18-14)10-3-1-2-4-12(10)17/h1-7,17H,8H2. The number of para-hydroxylation sites is 1. The largest absolute Gasteiger partial charge is 0.507 e. The second-order valence-corrected chi connectivity index (χ2v) is 5.62. The van der Waals surface area contributed by atoms with Gasteiger partial charge in [-0.25, -0.2) is 4.98 Å². The monoisotopic (exact) mass is 319 g/mol. The molecule has 2 nitrogen and oxygen atoms in total. The van der Waals surface area contributed by atoms with Gasteiger partial charge in [-0.15, -0.1) is 11.3 Å². The minimum Gasteiger partial charge on any atom is -0.507 e. The fourth-order valence-electron chi connectivity index (χ4n) is 1.92. The van der Waals surface area contributed by atoms with Gasteiger partial charge in [0, 0.05) is 5.56 Å². The predicted molar refractivity (Wildman–Crippen MR) is 79.4 cm³/mol. The van der Waals surface area contributed by atoms with E-state index in [4.69, 9.17) is 0 Å². The summed E-state index contributed by atoms with van der Waals surface area (Å²) in [5, 5.41) is 11.7. The molecule has 3 rings (SSSR count). The summed E-state index contributed by atoms with van der Waals surface area (Å²) in [6, 6.07) is 13.5. The first-order chi connectivity index (χ1) is 8.78. The first kappa shape index (κ1) is 11.7. The molecule has 3 aromatic rings. The molecular weight excluding hydrogens is 310 g/mol. The predicted octanol–water partition coefficient (Wildman–Crippen LogP) is 4.56. The molecule has 18 heavy (non-hydrogen) atoms. The number of phenols is 1. The quantitative estimate of drug-likeness (QED) is 0.702. The zero-order valence-corrected chi connectivity index (χ0v) is 11.8. The van der Waals surface area contributed by atoms with Crippen LogP contribution in [0.3, 0.4) is 0 Å². The topological polar surface area (TPSA) is 33.1 Å². The van der Waals surface area contributed by atoms with Crippen LogP contribution < -0.4 is 0 Å². The molecule has 0 spiro atoms. The van der Waals surface area contributed by atoms with Crippen molar-refractivity contribution in [3.05, 3.63) is 47.5 Å². The average molecular weight is 320 g/mol. The maximum atomic E-state index is 9.86. The third-order valence-corrected chi connectivity index (χ3v) is 4.70. The van der Waals surface area contributed by atoms with Gasteiger partial charge < -0.3 is 5.11 Å². The van der Waals surface area contributed by atoms with Crippen LogP contribution in [-0.4, -0.2) is 10.1 Å². The number of hydrogen-bond donors (Lipinski definition) is 1. The van der Waals surface area contributed by atoms with E-state index < -0.39 is 0 Å². The number of aromatic hydroxyl groups is 1. The van der Waals surface area contributed by atoms with Gasteiger partial charge in [0.25, 0.3) is 0 Å². The van der Waals surface area contributed by atoms with Crippen LogP contribution in [0.1, 0.15) is 5.01 Å². The van der Waals surface area contributed by atoms with E-state index in [0.29, 0.717) is 5.75 Å². The zero-order valence-electron chi connectivity index (χ0n) is 9.43. The molecule has 0 saturated carbocycles. The Hall–Kier alpha value is -1.39. The third-order valence-electron chi connectivity index (χ3n) is 2.76. The normalized spacial score (nSPS) is 10.9. The van der Waals surface area contributed by atoms with Crippen molar-refractivity contribution in [2.24, 2.45) is 0 Å². The Balaban J connectivity index is 2.16. The average Bonchev–Trinajstić information content (AvgIpc) is 2.81. The second-order valence-electron chi connectivity index (χ2n) is 3.94. The Morgan fingerprint density at radius 3 is 2.78 bits per heavy atom. The van der Waals surface area contributed by atoms with E-state index in [9.17, 15) is 5.11 Å². The number of aromatic nitrogens is 1. The van der Waals surface area contributed by atoms with E-state index in [2.05, 4.69) is 27.0 Å². The van der Waals surface area contributed by atoms with Crippen LogP contribution in [-0.2, 0) is 5.33 Å². The molecule has 0 radical (unpaired) electrons. The van der Waals surface area contributed by atoms with Gasteiger partial charge in [0.2, 0.25) is 0 Å². The summed E-state index contributed by atoms with van der Waals surface area (Å²) >= 11 is 5.10. The van der Waals surface area contributed by atoms with Crippen LogP contribution in [0.4, 0.5) is 0 Å². The Morgan fingerprint density at radius 2 is 2.00 bits per heavy atom. The van der Waals surface area contributed by atoms with Crippen molar-refractivity contribution in [3.8, 4) is 16.9 Å². The number of rotatable bonds is 2. The number of phenolic OH excluding ortho intramolecular Hbond substituents is 1. The summed E-state index contributed by atoms with van der Waals surface area (Å²) < 4.78 is 1.17. The summed E-state index contributed by atoms with van der Waals surface area (Å²) in [6.07, 6.45) is 0. The van der Waals surface area contributed by atoms with E-state index in [0.717, 1.165) is 27.0 Å². The van der Waals surface area contributed by atoms with Crippen LogP contribution in [0.5, 0.6) is 5.75 Å². The van der Waals surface area contributed by atoms with Crippen molar-refractivity contribution in [2.75, 3.05) is 0 Å². The van der Waals surface area contributed by atoms with Crippen molar-refractivity contribution in [3.63, 3.8) is 0 Å². The maximum Gasteiger partial charge on any atom is 0.123 e. The molecule has 0 unspecified atom stereocenters. The Morgan fingerprint density at radius 1 is 1.17 bits per heavy atom. The molecule has 90 valence electrons. The lowest BCUT2D eigenvalue weighted by atomic mass is 10.0. The molecule has 0 bridgehead atoms. The van der Waals surface area contributed by atoms with Gasteiger partial charge in [0.05, 0.1) is 15.5 Å². The van der Waals surface area contributed by atoms with Crippen molar-refractivity contribution in [1.29, 1.82) is 0 Å². The molecule has 0 amide bonds. The van der Waals surface area contributed by atoms with Gasteiger partial charge in [-0.3, -0.25) is 0 Å². The van der Waals surface area contributed by atoms with E-state index in [1.165, 1.54) is 4.70 Å². The number of fused-ring (bicyclic) bond motifs is 1. The van der Waals surface area contributed by atoms with Crippen LogP contribution in [0.25, 0.3) is 21.3 Å². The summed E-state index contributed by atoms with van der Waals surface area (Å²) in [5.74, 6) is 0.299. The molecule has 0 fully saturated rings. The number of nitrogens with zero attached hydrogens (tertiary/aromatic N) is 1. The highest BCUT2D eigenvalue weighted by Gasteiger charge is 2.07. The van der Waals surface area contributed by atoms with E-state index in [-0.39, 0.29) is 0 Å². The van der Waals surface area contributed by atoms with Crippen molar-refractivity contribution >= 4 is 37.5 Å². The van der Waals surface area contributed by atoms with Gasteiger partial charge in [0.15, 0.2) is 0 Å². The highest BCUT2D eigenvalue weighted by Crippen LogP contribution is 2.32. The molecule has 0 saturated heterocycles. The third kappa shape index (κ3) is 2.02. The maximum absolute atomic E-state index is 9.86. The molecule has 0 aliphatic heterocycles. The molecule has 1 aromatic heterocycles. The molecule has 2 aromatic carbocycles. The minimum absolute atomic E-state index is 0.299. The summed E-state index contributed by atoms with van der Waals surface area (Å²) in [7, 11) is 0. The van der Waals surface area contributed by atoms with Crippen LogP contribution in [0.2, 0.25) is 0 Å². The van der Waals surface area contributed by atoms with Gasteiger partial charge in [-0.05, 0) is 23.8 Å². The molecular formula is C14H10BrNOS. The first-order valence-corrected chi connectivity index (χ1v) is 7.45. The number of thiazole rings is 1. The summed E-state index contributed by atoms with van der Waals surface area (Å²) in [6.45, 7) is 0. The van der Waals surface area contributed by atoms with E-state index in [1.54, 1.807) is 17.4 Å². The minimum atomic E-state index is 0.299. The lowest BCUT2D eigenvalue weighted by molar-refractivity contribution is 0.477. The lowest BCUT2D eigenvalue weighted by Gasteiger charge is -2.03. The van der Waals surface area contributed by atoms with Crippen molar-refractivity contribution < 1.29 is 5.11 Å². The van der Waals surface area contributed by atoms with Crippen molar-refractivity contribution in [2.45, 2.75) is 5.33 Å². The SMILES string of the molecule is Oc1ccccc1-c1ccc2sc(CBr)nc2c1.